The molecule has 25 atom stereocenters. The fraction of sp³-hybridized carbons (Fsp3) is 0.0882. The molecule has 0 bridgehead atoms. The zero-order valence-corrected chi connectivity index (χ0v) is 119. The minimum absolute atomic E-state index is 0.0124. The summed E-state index contributed by atoms with van der Waals surface area (Å²) in [4.78, 5) is 33.0. The van der Waals surface area contributed by atoms with Crippen LogP contribution in [0.1, 0.15) is 59.5 Å². The van der Waals surface area contributed by atoms with Crippen LogP contribution in [0.15, 0.2) is 274 Å². The highest BCUT2D eigenvalue weighted by atomic mass is 79.9. The van der Waals surface area contributed by atoms with Gasteiger partial charge < -0.3 is 19.1 Å². The van der Waals surface area contributed by atoms with Crippen LogP contribution < -0.4 is 15.3 Å². The summed E-state index contributed by atoms with van der Waals surface area (Å²) in [6, 6.07) is 68.6. The first-order valence-electron chi connectivity index (χ1n) is 37.3. The molecule has 62 heteroatoms. The van der Waals surface area contributed by atoms with Crippen molar-refractivity contribution >= 4 is 468 Å². The van der Waals surface area contributed by atoms with Gasteiger partial charge in [-0.2, -0.15) is 0 Å². The Bertz CT molecular complexity index is 5960. The maximum atomic E-state index is 13.5. The number of hydrogen-bond acceptors (Lipinski definition) is 13. The van der Waals surface area contributed by atoms with Crippen LogP contribution in [0.5, 0.6) is 0 Å². The highest BCUT2D eigenvalue weighted by Gasteiger charge is 2.58. The summed E-state index contributed by atoms with van der Waals surface area (Å²) in [5.74, 6) is -0.605. The molecule has 692 valence electrons. The van der Waals surface area contributed by atoms with Crippen molar-refractivity contribution in [3.8, 4) is 11.1 Å². The Morgan fingerprint density at radius 1 is 0.292 bits per heavy atom. The Hall–Kier alpha value is 10.7. The molecule has 5 aliphatic rings. The van der Waals surface area contributed by atoms with Crippen LogP contribution in [0, 0.1) is 0 Å². The number of sulfone groups is 3. The van der Waals surface area contributed by atoms with Crippen LogP contribution in [-0.2, 0) is 38.8 Å². The molecule has 0 N–H and O–H groups in total. The number of nitrogens with zero attached hydrogens (tertiary/aromatic N) is 2. The normalized spacial score (nSPS) is 16.6. The highest BCUT2D eigenvalue weighted by Crippen LogP contribution is 3.44. The maximum absolute atomic E-state index is 13.5. The van der Waals surface area contributed by atoms with Crippen LogP contribution in [0.25, 0.3) is 11.1 Å². The van der Waals surface area contributed by atoms with E-state index in [-0.39, 0.29) is 221 Å². The number of carbonyl (C=O) groups is 2. The average molecular weight is 2680 g/mol. The first kappa shape index (κ1) is 119. The average Bonchev–Trinajstić information content (AvgIpc) is 0.889. The third-order valence-corrected chi connectivity index (χ3v) is 328. The number of benzene rings is 10. The van der Waals surface area contributed by atoms with Crippen LogP contribution in [0.4, 0.5) is 34.1 Å². The lowest BCUT2D eigenvalue weighted by atomic mass is 9.77. The van der Waals surface area contributed by atoms with E-state index >= 15 is 0 Å². The van der Waals surface area contributed by atoms with E-state index in [1.807, 2.05) is 40.9 Å². The molecule has 130 heavy (non-hydrogen) atoms. The number of halogens is 1. The van der Waals surface area contributed by atoms with E-state index in [0.29, 0.717) is 32.7 Å². The molecule has 5 aliphatic heterocycles. The first-order chi connectivity index (χ1) is 61.1. The van der Waals surface area contributed by atoms with Crippen molar-refractivity contribution in [3.63, 3.8) is 0 Å². The summed E-state index contributed by atoms with van der Waals surface area (Å²) in [6.45, 7) is 5.76. The van der Waals surface area contributed by atoms with Gasteiger partial charge in [-0.1, -0.05) is 143 Å². The molecule has 25 unspecified atom stereocenters. The topological polar surface area (TPSA) is 161 Å². The summed E-state index contributed by atoms with van der Waals surface area (Å²) in [7, 11) is 67.2. The minimum Gasteiger partial charge on any atom is -0.399 e. The predicted molar refractivity (Wildman–Crippen MR) is 706 cm³/mol. The molecule has 15 rings (SSSR count). The standard InChI is InChI=1S/C31H19NO5S2.C24H24BNO2S.C13H7BrO3S.H46P44/c33-31-22-10-2-6-14-27(22)38(34,35)28-18-17-20(19-23(28)31)21-9-1-3-11-24(21)32-25-12-4-7-15-29(25)39(36,37)30-16-8-5-13-26(30)32;1-23(2)24(3,4)28-25(27-23)17-11-5-6-12-18(17)26-19-13-7-9-15-21(19)29-22-16-10-8-14-20(22)26;14-8-5-6-12-10(7-8)13(15)9-3-1-2-4-11(9)18(12,16)17;1-24(2)35(23)41(36(25(3)4)26(5)6)44(42(37(27(7)8)28(9)10)38(29(11)12)30(13)14)43(39(31(15)16)32(17)18)40(33(19)20)34(21)22/h1-19H;5-16H,1-4H3;1-7H;1-23H2. The Morgan fingerprint density at radius 3 is 0.969 bits per heavy atom. The number of para-hydroxylation sites is 6. The van der Waals surface area contributed by atoms with Crippen LogP contribution in [0.2, 0.25) is 0 Å². The third kappa shape index (κ3) is 27.1. The van der Waals surface area contributed by atoms with Crippen molar-refractivity contribution in [1.82, 2.24) is 0 Å². The molecular formula is C68H96BBrN2O10P44S4. The van der Waals surface area contributed by atoms with Gasteiger partial charge in [-0.25, -0.2) is 25.3 Å². The van der Waals surface area contributed by atoms with Crippen molar-refractivity contribution < 1.29 is 44.2 Å². The molecule has 1 saturated heterocycles. The van der Waals surface area contributed by atoms with Gasteiger partial charge in [0.25, 0.3) is 0 Å². The van der Waals surface area contributed by atoms with Gasteiger partial charge in [0.15, 0.2) is 11.6 Å². The molecule has 0 radical (unpaired) electrons. The van der Waals surface area contributed by atoms with Gasteiger partial charge in [0.05, 0.1) is 69.0 Å². The molecule has 0 saturated carbocycles. The highest BCUT2D eigenvalue weighted by molar-refractivity contribution is 9.50. The van der Waals surface area contributed by atoms with E-state index < -0.39 is 36.6 Å². The van der Waals surface area contributed by atoms with E-state index in [1.165, 1.54) is 51.5 Å². The molecule has 10 aromatic rings. The van der Waals surface area contributed by atoms with Gasteiger partial charge in [-0.05, 0) is 295 Å². The van der Waals surface area contributed by atoms with Gasteiger partial charge in [0.1, 0.15) is 0 Å². The third-order valence-electron chi connectivity index (χ3n) is 20.0. The largest absolute Gasteiger partial charge is 0.496 e. The number of ketones is 2. The monoisotopic (exact) mass is 2680 g/mol. The molecule has 5 heterocycles. The lowest BCUT2D eigenvalue weighted by Gasteiger charge is -2.57. The second-order valence-electron chi connectivity index (χ2n) is 28.7. The number of anilines is 6. The molecule has 0 aromatic heterocycles. The predicted octanol–water partition coefficient (Wildman–Crippen LogP) is 40.7. The van der Waals surface area contributed by atoms with E-state index in [1.54, 1.807) is 103 Å². The van der Waals surface area contributed by atoms with Crippen molar-refractivity contribution in [1.29, 1.82) is 0 Å². The zero-order valence-electron chi connectivity index (χ0n) is 69.2. The van der Waals surface area contributed by atoms with Gasteiger partial charge >= 0.3 is 7.12 Å². The lowest BCUT2D eigenvalue weighted by Crippen LogP contribution is -2.41. The quantitative estimate of drug-likeness (QED) is 0.0415. The smallest absolute Gasteiger partial charge is 0.399 e. The van der Waals surface area contributed by atoms with Crippen molar-refractivity contribution in [3.05, 3.63) is 257 Å². The molecule has 0 spiro atoms. The van der Waals surface area contributed by atoms with Crippen molar-refractivity contribution in [2.24, 2.45) is 0 Å². The number of fused-ring (bicyclic) bond motifs is 8. The van der Waals surface area contributed by atoms with E-state index in [0.717, 1.165) is 11.2 Å². The number of hydrogen-bond donors (Lipinski definition) is 0. The summed E-state index contributed by atoms with van der Waals surface area (Å²) in [6.07, 6.45) is 0. The van der Waals surface area contributed by atoms with Gasteiger partial charge in [0.2, 0.25) is 29.5 Å². The summed E-state index contributed by atoms with van der Waals surface area (Å²) in [5.41, 5.74) is 7.53. The van der Waals surface area contributed by atoms with E-state index in [9.17, 15) is 34.8 Å². The fourth-order valence-corrected chi connectivity index (χ4v) is 623. The Kier molecular flexibility index (Phi) is 48.4. The second kappa shape index (κ2) is 52.8. The number of carbonyl (C=O) groups excluding carboxylic acids is 2. The Labute approximate surface area is 857 Å². The maximum Gasteiger partial charge on any atom is 0.496 e. The molecular weight excluding hydrogens is 2590 g/mol. The fourth-order valence-electron chi connectivity index (χ4n) is 13.8. The Morgan fingerprint density at radius 2 is 0.577 bits per heavy atom. The van der Waals surface area contributed by atoms with E-state index in [4.69, 9.17) is 9.31 Å². The zero-order chi connectivity index (χ0) is 95.2. The van der Waals surface area contributed by atoms with E-state index in [2.05, 4.69) is 327 Å². The molecule has 1 fully saturated rings. The SMILES string of the molecule is CC1(C)OB(c2ccccc2N2c3ccccc3Sc3ccccc32)OC1(C)C.O=C1c2ccccc2S(=O)(=O)c2ccc(-c3ccccc3N3c4ccccc4S(=O)(=O)c4ccccc43)cc21.O=C1c2ccccc2S(=O)(=O)c2ccc(Br)cc21.PP(P)P(P)P(P(P(P)P)P(P)P)P(P(P(P(P)P)P(P)P)P(P(P)P)P(P)P)P(P(P(P)P)P(P)P)P(P(P)P)P(P)P. The van der Waals surface area contributed by atoms with Gasteiger partial charge in [0, 0.05) is 53.2 Å². The van der Waals surface area contributed by atoms with Crippen LogP contribution in [0.3, 0.4) is 0 Å². The first-order valence-corrected chi connectivity index (χ1v) is 123. The van der Waals surface area contributed by atoms with Crippen molar-refractivity contribution in [2.75, 3.05) is 9.80 Å². The molecule has 12 nitrogen and oxygen atoms in total. The van der Waals surface area contributed by atoms with Gasteiger partial charge in [-0.3, -0.25) is 9.59 Å². The number of rotatable bonds is 24. The van der Waals surface area contributed by atoms with Crippen LogP contribution >= 0.6 is 380 Å². The van der Waals surface area contributed by atoms with Crippen molar-refractivity contribution in [2.45, 2.75) is 78.1 Å². The molecule has 0 aliphatic carbocycles. The van der Waals surface area contributed by atoms with Crippen LogP contribution in [-0.4, -0.2) is 55.1 Å². The summed E-state index contributed by atoms with van der Waals surface area (Å²) < 4.78 is 91.8. The second-order valence-corrected chi connectivity index (χ2v) is 216. The minimum atomic E-state index is -3.85. The summed E-state index contributed by atoms with van der Waals surface area (Å²) in [5, 5.41) is 0. The molecule has 10 aromatic carbocycles. The summed E-state index contributed by atoms with van der Waals surface area (Å²) >= 11 is 5.06. The van der Waals surface area contributed by atoms with Gasteiger partial charge in [-0.15, -0.1) is 205 Å². The lowest BCUT2D eigenvalue weighted by molar-refractivity contribution is 0.00578. The molecule has 0 amide bonds. The Balaban J connectivity index is 0.000000163.